The van der Waals surface area contributed by atoms with Crippen molar-refractivity contribution < 1.29 is 27.8 Å². The molecule has 2 rings (SSSR count). The van der Waals surface area contributed by atoms with E-state index in [1.807, 2.05) is 0 Å². The van der Waals surface area contributed by atoms with E-state index in [4.69, 9.17) is 45.0 Å². The standard InChI is InChI=1S/C4H4Cl4F4N3O2P3/c5-19(6)13-18(14-20(7,8)15-19)1(16)3(9,10)4(11,12)2(18)17/h1-2,16-17H. The normalized spacial score (nSPS) is 43.5. The number of hydrogen-bond acceptors (Lipinski definition) is 5. The minimum Gasteiger partial charge on any atom is -0.379 e. The second-order valence-electron chi connectivity index (χ2n) is 3.87. The van der Waals surface area contributed by atoms with Crippen LogP contribution in [0.15, 0.2) is 13.5 Å². The van der Waals surface area contributed by atoms with E-state index in [9.17, 15) is 27.8 Å². The van der Waals surface area contributed by atoms with Crippen LogP contribution < -0.4 is 0 Å². The Labute approximate surface area is 129 Å². The van der Waals surface area contributed by atoms with Crippen LogP contribution in [-0.2, 0) is 0 Å². The topological polar surface area (TPSA) is 77.5 Å². The molecule has 2 unspecified atom stereocenters. The third-order valence-electron chi connectivity index (χ3n) is 2.53. The summed E-state index contributed by atoms with van der Waals surface area (Å²) in [5.41, 5.74) is 0. The Balaban J connectivity index is 2.86. The summed E-state index contributed by atoms with van der Waals surface area (Å²) in [5, 5.41) is 19.1. The van der Waals surface area contributed by atoms with Gasteiger partial charge in [0.15, 0.2) is 18.9 Å². The molecule has 0 aliphatic carbocycles. The smallest absolute Gasteiger partial charge is 0.345 e. The number of hydrogen-bond donors (Lipinski definition) is 2. The molecule has 1 spiro atoms. The zero-order valence-corrected chi connectivity index (χ0v) is 14.5. The van der Waals surface area contributed by atoms with Crippen LogP contribution in [-0.4, -0.2) is 33.7 Å². The third kappa shape index (κ3) is 2.42. The fourth-order valence-corrected chi connectivity index (χ4v) is 18.7. The first kappa shape index (κ1) is 17.8. The first-order valence-electron chi connectivity index (χ1n) is 4.49. The van der Waals surface area contributed by atoms with Gasteiger partial charge in [-0.25, -0.2) is 9.03 Å². The Morgan fingerprint density at radius 3 is 1.45 bits per heavy atom. The van der Waals surface area contributed by atoms with Gasteiger partial charge < -0.3 is 10.2 Å². The van der Waals surface area contributed by atoms with Crippen molar-refractivity contribution in [1.82, 2.24) is 0 Å². The van der Waals surface area contributed by atoms with Gasteiger partial charge in [-0.15, -0.1) is 0 Å². The molecular weight excluding hydrogens is 433 g/mol. The average Bonchev–Trinajstić information content (AvgIpc) is 2.28. The van der Waals surface area contributed by atoms with Gasteiger partial charge in [0.2, 0.25) is 0 Å². The molecule has 118 valence electrons. The predicted octanol–water partition coefficient (Wildman–Crippen LogP) is 5.88. The molecule has 0 aromatic carbocycles. The van der Waals surface area contributed by atoms with Gasteiger partial charge in [-0.05, 0) is 45.0 Å². The quantitative estimate of drug-likeness (QED) is 0.367. The Bertz CT molecular complexity index is 597. The molecule has 2 aliphatic rings. The van der Waals surface area contributed by atoms with Crippen molar-refractivity contribution in [3.63, 3.8) is 0 Å². The van der Waals surface area contributed by atoms with Gasteiger partial charge in [-0.1, -0.05) is 0 Å². The number of aliphatic hydroxyl groups excluding tert-OH is 2. The summed E-state index contributed by atoms with van der Waals surface area (Å²) >= 11 is 22.4. The Kier molecular flexibility index (Phi) is 4.23. The number of alkyl halides is 4. The fraction of sp³-hybridized carbons (Fsp3) is 1.00. The molecule has 16 heteroatoms. The van der Waals surface area contributed by atoms with Gasteiger partial charge in [0.1, 0.15) is 0 Å². The molecule has 0 aromatic rings. The van der Waals surface area contributed by atoms with Crippen LogP contribution in [0.3, 0.4) is 0 Å². The summed E-state index contributed by atoms with van der Waals surface area (Å²) in [6.45, 7) is 0. The molecule has 5 nitrogen and oxygen atoms in total. The maximum absolute atomic E-state index is 13.5. The largest absolute Gasteiger partial charge is 0.379 e. The Hall–Kier alpha value is 1.49. The van der Waals surface area contributed by atoms with Crippen LogP contribution in [0.2, 0.25) is 0 Å². The van der Waals surface area contributed by atoms with E-state index in [2.05, 4.69) is 13.5 Å². The highest BCUT2D eigenvalue weighted by atomic mass is 35.9. The van der Waals surface area contributed by atoms with Crippen LogP contribution >= 0.6 is 64.0 Å². The van der Waals surface area contributed by atoms with Gasteiger partial charge >= 0.3 is 11.8 Å². The molecule has 0 saturated carbocycles. The van der Waals surface area contributed by atoms with Crippen molar-refractivity contribution in [1.29, 1.82) is 0 Å². The lowest BCUT2D eigenvalue weighted by atomic mass is 10.2. The van der Waals surface area contributed by atoms with E-state index in [-0.39, 0.29) is 0 Å². The molecule has 0 aromatic heterocycles. The van der Waals surface area contributed by atoms with E-state index < -0.39 is 42.6 Å². The van der Waals surface area contributed by atoms with Gasteiger partial charge in [0.05, 0.1) is 0 Å². The molecule has 20 heavy (non-hydrogen) atoms. The second-order valence-corrected chi connectivity index (χ2v) is 16.9. The number of rotatable bonds is 0. The molecule has 0 bridgehead atoms. The van der Waals surface area contributed by atoms with Gasteiger partial charge in [-0.2, -0.15) is 22.1 Å². The number of halogens is 8. The van der Waals surface area contributed by atoms with E-state index in [1.165, 1.54) is 0 Å². The molecule has 0 amide bonds. The molecule has 0 radical (unpaired) electrons. The molecule has 1 saturated heterocycles. The summed E-state index contributed by atoms with van der Waals surface area (Å²) < 4.78 is 63.9. The van der Waals surface area contributed by atoms with Crippen molar-refractivity contribution >= 4 is 64.0 Å². The Morgan fingerprint density at radius 2 is 1.10 bits per heavy atom. The summed E-state index contributed by atoms with van der Waals surface area (Å²) in [6, 6.07) is 0. The van der Waals surface area contributed by atoms with Crippen molar-refractivity contribution in [2.75, 3.05) is 0 Å². The van der Waals surface area contributed by atoms with Crippen LogP contribution in [0, 0.1) is 0 Å². The summed E-state index contributed by atoms with van der Waals surface area (Å²) in [7, 11) is -4.57. The van der Waals surface area contributed by atoms with Crippen LogP contribution in [0.4, 0.5) is 17.6 Å². The minimum atomic E-state index is -4.98. The lowest BCUT2D eigenvalue weighted by molar-refractivity contribution is -0.241. The van der Waals surface area contributed by atoms with E-state index >= 15 is 0 Å². The van der Waals surface area contributed by atoms with E-state index in [1.54, 1.807) is 0 Å². The molecule has 2 atom stereocenters. The van der Waals surface area contributed by atoms with E-state index in [0.29, 0.717) is 0 Å². The number of nitrogens with zero attached hydrogens (tertiary/aromatic N) is 3. The predicted molar refractivity (Wildman–Crippen MR) is 73.4 cm³/mol. The third-order valence-corrected chi connectivity index (χ3v) is 15.2. The molecule has 2 heterocycles. The highest BCUT2D eigenvalue weighted by molar-refractivity contribution is 8.21. The molecule has 2 N–H and O–H groups in total. The van der Waals surface area contributed by atoms with Crippen LogP contribution in [0.1, 0.15) is 0 Å². The lowest BCUT2D eigenvalue weighted by Gasteiger charge is -2.27. The summed E-state index contributed by atoms with van der Waals surface area (Å²) in [6.07, 6.45) is 0. The van der Waals surface area contributed by atoms with Crippen molar-refractivity contribution in [2.45, 2.75) is 23.5 Å². The molecular formula is C4H4Cl4F4N3O2P3. The fourth-order valence-electron chi connectivity index (χ4n) is 1.68. The minimum absolute atomic E-state index is 3.09. The van der Waals surface area contributed by atoms with Crippen LogP contribution in [0.25, 0.3) is 0 Å². The first-order chi connectivity index (χ1) is 8.68. The zero-order valence-electron chi connectivity index (χ0n) is 8.76. The monoisotopic (exact) mass is 435 g/mol. The number of aliphatic hydroxyl groups is 2. The van der Waals surface area contributed by atoms with Gasteiger partial charge in [0.25, 0.3) is 11.8 Å². The first-order valence-corrected chi connectivity index (χ1v) is 13.3. The van der Waals surface area contributed by atoms with Crippen molar-refractivity contribution in [2.24, 2.45) is 13.5 Å². The van der Waals surface area contributed by atoms with Crippen LogP contribution in [0.5, 0.6) is 0 Å². The highest BCUT2D eigenvalue weighted by Gasteiger charge is 2.79. The Morgan fingerprint density at radius 1 is 0.750 bits per heavy atom. The molecule has 2 aliphatic heterocycles. The van der Waals surface area contributed by atoms with Gasteiger partial charge in [0, 0.05) is 0 Å². The second kappa shape index (κ2) is 4.75. The SMILES string of the molecule is OC1C(F)(F)C(F)(F)C(O)P12=NP(Cl)(Cl)=NP(Cl)(Cl)=N2. The average molecular weight is 437 g/mol. The van der Waals surface area contributed by atoms with E-state index in [0.717, 1.165) is 0 Å². The summed E-state index contributed by atoms with van der Waals surface area (Å²) in [5.74, 6) is -23.8. The van der Waals surface area contributed by atoms with Crippen molar-refractivity contribution in [3.05, 3.63) is 0 Å². The maximum Gasteiger partial charge on any atom is 0.345 e. The zero-order chi connectivity index (χ0) is 15.8. The maximum atomic E-state index is 13.5. The molecule has 1 fully saturated rings. The van der Waals surface area contributed by atoms with Crippen molar-refractivity contribution in [3.8, 4) is 0 Å². The summed E-state index contributed by atoms with van der Waals surface area (Å²) in [4.78, 5) is 0. The highest BCUT2D eigenvalue weighted by Crippen LogP contribution is 2.90. The lowest BCUT2D eigenvalue weighted by Crippen LogP contribution is -2.46. The van der Waals surface area contributed by atoms with Gasteiger partial charge in [-0.3, -0.25) is 0 Å².